The first kappa shape index (κ1) is 11.5. The van der Waals surface area contributed by atoms with Crippen molar-refractivity contribution in [2.75, 3.05) is 19.7 Å². The van der Waals surface area contributed by atoms with Crippen LogP contribution in [0.1, 0.15) is 32.1 Å². The zero-order valence-corrected chi connectivity index (χ0v) is 8.63. The fourth-order valence-corrected chi connectivity index (χ4v) is 1.56. The van der Waals surface area contributed by atoms with Gasteiger partial charge >= 0.3 is 0 Å². The van der Waals surface area contributed by atoms with Gasteiger partial charge in [0.2, 0.25) is 5.91 Å². The van der Waals surface area contributed by atoms with Crippen molar-refractivity contribution in [3.63, 3.8) is 0 Å². The largest absolute Gasteiger partial charge is 0.368 e. The molecule has 4 heteroatoms. The molecule has 0 aromatic carbocycles. The minimum absolute atomic E-state index is 0.0512. The Morgan fingerprint density at radius 3 is 2.93 bits per heavy atom. The van der Waals surface area contributed by atoms with E-state index in [4.69, 9.17) is 10.5 Å². The van der Waals surface area contributed by atoms with Crippen LogP contribution in [0.25, 0.3) is 0 Å². The molecule has 0 saturated carbocycles. The third-order valence-corrected chi connectivity index (χ3v) is 2.40. The summed E-state index contributed by atoms with van der Waals surface area (Å²) in [6.45, 7) is 2.21. The van der Waals surface area contributed by atoms with Crippen LogP contribution < -0.4 is 11.1 Å². The lowest BCUT2D eigenvalue weighted by Gasteiger charge is -2.09. The molecule has 0 bridgehead atoms. The summed E-state index contributed by atoms with van der Waals surface area (Å²) < 4.78 is 5.26. The third-order valence-electron chi connectivity index (χ3n) is 2.40. The second kappa shape index (κ2) is 6.79. The van der Waals surface area contributed by atoms with Crippen molar-refractivity contribution in [2.24, 2.45) is 5.73 Å². The highest BCUT2D eigenvalue weighted by Crippen LogP contribution is 2.11. The molecule has 1 fully saturated rings. The molecule has 0 aromatic rings. The zero-order chi connectivity index (χ0) is 10.2. The minimum atomic E-state index is -0.190. The van der Waals surface area contributed by atoms with Gasteiger partial charge < -0.3 is 15.8 Å². The number of carbonyl (C=O) groups excluding carboxylic acids is 1. The number of hydrogen-bond acceptors (Lipinski definition) is 3. The number of rotatable bonds is 6. The van der Waals surface area contributed by atoms with E-state index in [0.29, 0.717) is 0 Å². The van der Waals surface area contributed by atoms with Crippen LogP contribution >= 0.6 is 0 Å². The summed E-state index contributed by atoms with van der Waals surface area (Å²) in [5.41, 5.74) is 5.36. The second-order valence-electron chi connectivity index (χ2n) is 3.64. The molecule has 1 heterocycles. The summed E-state index contributed by atoms with van der Waals surface area (Å²) in [6.07, 6.45) is 4.82. The maximum absolute atomic E-state index is 11.4. The molecule has 1 aliphatic heterocycles. The Kier molecular flexibility index (Phi) is 5.56. The first-order chi connectivity index (χ1) is 6.84. The van der Waals surface area contributed by atoms with E-state index in [1.54, 1.807) is 0 Å². The van der Waals surface area contributed by atoms with Crippen LogP contribution in [0.2, 0.25) is 0 Å². The summed E-state index contributed by atoms with van der Waals surface area (Å²) in [5.74, 6) is 0.0512. The van der Waals surface area contributed by atoms with E-state index in [0.717, 1.165) is 51.8 Å². The average Bonchev–Trinajstić information content (AvgIpc) is 2.70. The van der Waals surface area contributed by atoms with Crippen LogP contribution in [0.3, 0.4) is 0 Å². The van der Waals surface area contributed by atoms with Gasteiger partial charge in [-0.1, -0.05) is 6.42 Å². The van der Waals surface area contributed by atoms with Gasteiger partial charge in [-0.15, -0.1) is 0 Å². The summed E-state index contributed by atoms with van der Waals surface area (Å²) in [5, 5.41) is 2.88. The van der Waals surface area contributed by atoms with Crippen LogP contribution in [0, 0.1) is 0 Å². The number of carbonyl (C=O) groups is 1. The molecule has 3 N–H and O–H groups in total. The van der Waals surface area contributed by atoms with Crippen molar-refractivity contribution < 1.29 is 9.53 Å². The highest BCUT2D eigenvalue weighted by molar-refractivity contribution is 5.80. The van der Waals surface area contributed by atoms with E-state index in [-0.39, 0.29) is 12.0 Å². The maximum atomic E-state index is 11.4. The Labute approximate surface area is 85.2 Å². The number of nitrogens with one attached hydrogen (secondary N) is 1. The number of hydrogen-bond donors (Lipinski definition) is 2. The van der Waals surface area contributed by atoms with Crippen molar-refractivity contribution in [3.05, 3.63) is 0 Å². The van der Waals surface area contributed by atoms with E-state index in [1.807, 2.05) is 0 Å². The van der Waals surface area contributed by atoms with Crippen molar-refractivity contribution >= 4 is 5.91 Å². The molecule has 0 aliphatic carbocycles. The van der Waals surface area contributed by atoms with Gasteiger partial charge in [-0.3, -0.25) is 4.79 Å². The molecule has 1 unspecified atom stereocenters. The monoisotopic (exact) mass is 200 g/mol. The zero-order valence-electron chi connectivity index (χ0n) is 8.63. The normalized spacial score (nSPS) is 21.1. The Bertz CT molecular complexity index is 168. The summed E-state index contributed by atoms with van der Waals surface area (Å²) in [4.78, 5) is 11.4. The summed E-state index contributed by atoms with van der Waals surface area (Å²) in [7, 11) is 0. The van der Waals surface area contributed by atoms with Crippen LogP contribution in [0.4, 0.5) is 0 Å². The topological polar surface area (TPSA) is 64.3 Å². The number of unbranched alkanes of at least 4 members (excludes halogenated alkanes) is 2. The molecule has 0 radical (unpaired) electrons. The van der Waals surface area contributed by atoms with Gasteiger partial charge in [-0.25, -0.2) is 0 Å². The van der Waals surface area contributed by atoms with Crippen molar-refractivity contribution in [1.29, 1.82) is 0 Å². The van der Waals surface area contributed by atoms with Crippen molar-refractivity contribution in [3.8, 4) is 0 Å². The lowest BCUT2D eigenvalue weighted by molar-refractivity contribution is -0.130. The van der Waals surface area contributed by atoms with E-state index >= 15 is 0 Å². The maximum Gasteiger partial charge on any atom is 0.249 e. The van der Waals surface area contributed by atoms with E-state index in [9.17, 15) is 4.79 Å². The van der Waals surface area contributed by atoms with Gasteiger partial charge in [0.1, 0.15) is 6.10 Å². The molecule has 82 valence electrons. The van der Waals surface area contributed by atoms with Crippen LogP contribution in [0.5, 0.6) is 0 Å². The molecule has 14 heavy (non-hydrogen) atoms. The standard InChI is InChI=1S/C10H20N2O2/c11-6-2-1-3-7-12-10(13)9-5-4-8-14-9/h9H,1-8,11H2,(H,12,13). The average molecular weight is 200 g/mol. The molecule has 4 nitrogen and oxygen atoms in total. The number of nitrogens with two attached hydrogens (primary N) is 1. The van der Waals surface area contributed by atoms with Crippen LogP contribution in [-0.2, 0) is 9.53 Å². The van der Waals surface area contributed by atoms with Gasteiger partial charge in [-0.05, 0) is 32.2 Å². The Hall–Kier alpha value is -0.610. The highest BCUT2D eigenvalue weighted by atomic mass is 16.5. The Morgan fingerprint density at radius 2 is 2.29 bits per heavy atom. The molecule has 1 atom stereocenters. The molecular weight excluding hydrogens is 180 g/mol. The van der Waals surface area contributed by atoms with Crippen LogP contribution in [-0.4, -0.2) is 31.7 Å². The predicted molar refractivity (Wildman–Crippen MR) is 54.9 cm³/mol. The van der Waals surface area contributed by atoms with Crippen molar-refractivity contribution in [2.45, 2.75) is 38.2 Å². The van der Waals surface area contributed by atoms with Crippen molar-refractivity contribution in [1.82, 2.24) is 5.32 Å². The SMILES string of the molecule is NCCCCCNC(=O)C1CCCO1. The molecule has 0 aromatic heterocycles. The first-order valence-electron chi connectivity index (χ1n) is 5.44. The first-order valence-corrected chi connectivity index (χ1v) is 5.44. The molecule has 1 rings (SSSR count). The van der Waals surface area contributed by atoms with Gasteiger partial charge in [0, 0.05) is 13.2 Å². The fraction of sp³-hybridized carbons (Fsp3) is 0.900. The minimum Gasteiger partial charge on any atom is -0.368 e. The molecule has 1 aliphatic rings. The van der Waals surface area contributed by atoms with E-state index in [1.165, 1.54) is 0 Å². The van der Waals surface area contributed by atoms with Gasteiger partial charge in [0.25, 0.3) is 0 Å². The van der Waals surface area contributed by atoms with Crippen LogP contribution in [0.15, 0.2) is 0 Å². The summed E-state index contributed by atoms with van der Waals surface area (Å²) >= 11 is 0. The highest BCUT2D eigenvalue weighted by Gasteiger charge is 2.22. The third kappa shape index (κ3) is 4.07. The number of amides is 1. The quantitative estimate of drug-likeness (QED) is 0.610. The Morgan fingerprint density at radius 1 is 1.43 bits per heavy atom. The smallest absolute Gasteiger partial charge is 0.249 e. The lowest BCUT2D eigenvalue weighted by Crippen LogP contribution is -2.34. The molecular formula is C10H20N2O2. The summed E-state index contributed by atoms with van der Waals surface area (Å²) in [6, 6.07) is 0. The second-order valence-corrected chi connectivity index (χ2v) is 3.64. The van der Waals surface area contributed by atoms with Gasteiger partial charge in [-0.2, -0.15) is 0 Å². The fourth-order valence-electron chi connectivity index (χ4n) is 1.56. The van der Waals surface area contributed by atoms with Gasteiger partial charge in [0.05, 0.1) is 0 Å². The molecule has 1 saturated heterocycles. The molecule has 1 amide bonds. The van der Waals surface area contributed by atoms with E-state index < -0.39 is 0 Å². The lowest BCUT2D eigenvalue weighted by atomic mass is 10.2. The molecule has 0 spiro atoms. The number of ether oxygens (including phenoxy) is 1. The van der Waals surface area contributed by atoms with E-state index in [2.05, 4.69) is 5.32 Å². The van der Waals surface area contributed by atoms with Gasteiger partial charge in [0.15, 0.2) is 0 Å². The predicted octanol–water partition coefficient (Wildman–Crippen LogP) is 0.411. The Balaban J connectivity index is 1.97.